The van der Waals surface area contributed by atoms with E-state index in [9.17, 15) is 0 Å². The van der Waals surface area contributed by atoms with Crippen molar-refractivity contribution in [1.29, 1.82) is 0 Å². The Morgan fingerprint density at radius 3 is 2.56 bits per heavy atom. The van der Waals surface area contributed by atoms with E-state index in [4.69, 9.17) is 4.74 Å². The van der Waals surface area contributed by atoms with Crippen LogP contribution in [0.15, 0.2) is 63.5 Å². The minimum atomic E-state index is -0.708. The first-order chi connectivity index (χ1) is 11.3. The maximum atomic E-state index is 5.67. The number of allylic oxidation sites excluding steroid dienone is 4. The summed E-state index contributed by atoms with van der Waals surface area (Å²) in [6.45, 7) is 2.28. The van der Waals surface area contributed by atoms with E-state index in [1.165, 1.54) is 35.1 Å². The molecule has 0 N–H and O–H groups in total. The van der Waals surface area contributed by atoms with E-state index < -0.39 is 23.2 Å². The van der Waals surface area contributed by atoms with Crippen LogP contribution in [-0.4, -0.2) is 7.11 Å². The second kappa shape index (κ2) is 8.71. The molecular formula is C21H20Cl2OZr. The van der Waals surface area contributed by atoms with Gasteiger partial charge in [-0.3, -0.25) is 0 Å². The summed E-state index contributed by atoms with van der Waals surface area (Å²) in [4.78, 5) is 0. The first-order valence-corrected chi connectivity index (χ1v) is 10.9. The van der Waals surface area contributed by atoms with Crippen molar-refractivity contribution in [2.75, 3.05) is 7.11 Å². The quantitative estimate of drug-likeness (QED) is 0.610. The average molecular weight is 451 g/mol. The molecule has 0 spiro atoms. The summed E-state index contributed by atoms with van der Waals surface area (Å²) in [5.41, 5.74) is 7.34. The number of hydrogen-bond donors (Lipinski definition) is 0. The van der Waals surface area contributed by atoms with E-state index >= 15 is 0 Å². The van der Waals surface area contributed by atoms with Gasteiger partial charge in [-0.1, -0.05) is 0 Å². The summed E-state index contributed by atoms with van der Waals surface area (Å²) >= 11 is -0.708. The first kappa shape index (κ1) is 20.5. The number of hydrogen-bond acceptors (Lipinski definition) is 1. The van der Waals surface area contributed by atoms with Crippen LogP contribution in [0.4, 0.5) is 0 Å². The Labute approximate surface area is 173 Å². The number of ether oxygens (including phenoxy) is 1. The Morgan fingerprint density at radius 2 is 1.80 bits per heavy atom. The van der Waals surface area contributed by atoms with Crippen LogP contribution in [0.25, 0.3) is 11.1 Å². The second-order valence-corrected chi connectivity index (χ2v) is 9.67. The van der Waals surface area contributed by atoms with Crippen molar-refractivity contribution in [2.45, 2.75) is 23.4 Å². The van der Waals surface area contributed by atoms with Crippen LogP contribution in [0.1, 0.15) is 34.5 Å². The molecule has 128 valence electrons. The van der Waals surface area contributed by atoms with Gasteiger partial charge in [0.05, 0.1) is 0 Å². The van der Waals surface area contributed by atoms with Crippen molar-refractivity contribution in [3.05, 3.63) is 74.6 Å². The van der Waals surface area contributed by atoms with E-state index in [2.05, 4.69) is 61.5 Å². The summed E-state index contributed by atoms with van der Waals surface area (Å²) in [6, 6.07) is 15.5. The Kier molecular flexibility index (Phi) is 7.14. The molecule has 0 bridgehead atoms. The molecule has 2 aromatic rings. The summed E-state index contributed by atoms with van der Waals surface area (Å²) in [6.07, 6.45) is 7.06. The Balaban J connectivity index is 0.00000113. The molecule has 0 radical (unpaired) electrons. The van der Waals surface area contributed by atoms with E-state index in [-0.39, 0.29) is 24.8 Å². The zero-order valence-electron chi connectivity index (χ0n) is 14.4. The van der Waals surface area contributed by atoms with Crippen molar-refractivity contribution < 1.29 is 52.8 Å². The van der Waals surface area contributed by atoms with E-state index in [0.29, 0.717) is 3.63 Å². The predicted molar refractivity (Wildman–Crippen MR) is 91.3 cm³/mol. The molecule has 1 nitrogen and oxygen atoms in total. The average Bonchev–Trinajstić information content (AvgIpc) is 3.18. The van der Waals surface area contributed by atoms with Crippen LogP contribution in [0.3, 0.4) is 0 Å². The molecule has 0 aliphatic heterocycles. The van der Waals surface area contributed by atoms with Gasteiger partial charge in [0, 0.05) is 0 Å². The van der Waals surface area contributed by atoms with E-state index in [1.54, 1.807) is 16.0 Å². The SMILES string of the molecule is CCC1=[C]([Zr+2][CH]2c3ccccc3-c3c(OC)cccc32)CC=C1.[Cl-].[Cl-]. The smallest absolute Gasteiger partial charge is 1.00 e. The second-order valence-electron chi connectivity index (χ2n) is 6.05. The standard InChI is InChI=1S/C14H11O.C7H9.2ClH.Zr/c1-15-13-8-4-6-11-9-10-5-2-3-7-12(10)14(11)13;1-2-7-5-3-4-6-7;;;/h2-9H,1H3;3,5H,2,4H2,1H3;2*1H;/q;;;;+2/p-2. The van der Waals surface area contributed by atoms with Gasteiger partial charge in [0.1, 0.15) is 0 Å². The molecule has 0 saturated heterocycles. The van der Waals surface area contributed by atoms with Gasteiger partial charge in [-0.15, -0.1) is 0 Å². The van der Waals surface area contributed by atoms with Gasteiger partial charge < -0.3 is 24.8 Å². The topological polar surface area (TPSA) is 9.23 Å². The third kappa shape index (κ3) is 3.54. The molecule has 25 heavy (non-hydrogen) atoms. The minimum Gasteiger partial charge on any atom is -1.00 e. The largest absolute Gasteiger partial charge is 1.00 e. The summed E-state index contributed by atoms with van der Waals surface area (Å²) in [5, 5.41) is 0. The molecule has 0 aromatic heterocycles. The van der Waals surface area contributed by atoms with Gasteiger partial charge in [0.2, 0.25) is 0 Å². The summed E-state index contributed by atoms with van der Waals surface area (Å²) < 4.78 is 8.06. The number of rotatable bonds is 4. The maximum Gasteiger partial charge on any atom is -1.00 e. The fourth-order valence-electron chi connectivity index (χ4n) is 3.75. The monoisotopic (exact) mass is 448 g/mol. The van der Waals surface area contributed by atoms with Crippen molar-refractivity contribution in [1.82, 2.24) is 0 Å². The molecule has 0 amide bonds. The Bertz CT molecular complexity index is 826. The molecule has 0 fully saturated rings. The Morgan fingerprint density at radius 1 is 1.04 bits per heavy atom. The van der Waals surface area contributed by atoms with Crippen molar-refractivity contribution in [2.24, 2.45) is 0 Å². The molecule has 4 heteroatoms. The molecule has 2 aliphatic carbocycles. The van der Waals surface area contributed by atoms with E-state index in [1.807, 2.05) is 0 Å². The Hall–Kier alpha value is -0.817. The van der Waals surface area contributed by atoms with Gasteiger partial charge in [-0.2, -0.15) is 0 Å². The third-order valence-corrected chi connectivity index (χ3v) is 9.24. The van der Waals surface area contributed by atoms with Crippen molar-refractivity contribution in [3.8, 4) is 16.9 Å². The molecule has 1 atom stereocenters. The van der Waals surface area contributed by atoms with Crippen molar-refractivity contribution >= 4 is 0 Å². The van der Waals surface area contributed by atoms with Crippen LogP contribution in [0, 0.1) is 0 Å². The molecule has 2 aromatic carbocycles. The first-order valence-electron chi connectivity index (χ1n) is 8.24. The zero-order chi connectivity index (χ0) is 15.8. The molecule has 4 rings (SSSR count). The minimum absolute atomic E-state index is 0. The number of benzene rings is 2. The normalized spacial score (nSPS) is 16.5. The zero-order valence-corrected chi connectivity index (χ0v) is 18.3. The fraction of sp³-hybridized carbons (Fsp3) is 0.238. The van der Waals surface area contributed by atoms with Crippen LogP contribution in [-0.2, 0) is 23.2 Å². The van der Waals surface area contributed by atoms with E-state index in [0.717, 1.165) is 5.75 Å². The predicted octanol–water partition coefficient (Wildman–Crippen LogP) is -0.520. The van der Waals surface area contributed by atoms with Gasteiger partial charge >= 0.3 is 150 Å². The third-order valence-electron chi connectivity index (χ3n) is 4.86. The fourth-order valence-corrected chi connectivity index (χ4v) is 8.26. The molecular weight excluding hydrogens is 430 g/mol. The molecule has 0 heterocycles. The molecule has 0 saturated carbocycles. The van der Waals surface area contributed by atoms with Crippen LogP contribution >= 0.6 is 0 Å². The van der Waals surface area contributed by atoms with Crippen LogP contribution in [0.2, 0.25) is 0 Å². The van der Waals surface area contributed by atoms with Gasteiger partial charge in [0.25, 0.3) is 0 Å². The number of methoxy groups -OCH3 is 1. The molecule has 2 aliphatic rings. The van der Waals surface area contributed by atoms with Crippen LogP contribution < -0.4 is 29.6 Å². The molecule has 1 unspecified atom stereocenters. The van der Waals surface area contributed by atoms with Crippen molar-refractivity contribution in [3.63, 3.8) is 0 Å². The maximum absolute atomic E-state index is 5.67. The van der Waals surface area contributed by atoms with Gasteiger partial charge in [0.15, 0.2) is 0 Å². The summed E-state index contributed by atoms with van der Waals surface area (Å²) in [7, 11) is 1.78. The van der Waals surface area contributed by atoms with Crippen LogP contribution in [0.5, 0.6) is 5.75 Å². The number of fused-ring (bicyclic) bond motifs is 3. The van der Waals surface area contributed by atoms with Gasteiger partial charge in [-0.05, 0) is 0 Å². The van der Waals surface area contributed by atoms with Gasteiger partial charge in [-0.25, -0.2) is 0 Å². The number of halogens is 2. The summed E-state index contributed by atoms with van der Waals surface area (Å²) in [5.74, 6) is 1.02.